The van der Waals surface area contributed by atoms with Gasteiger partial charge in [0.05, 0.1) is 12.5 Å². The summed E-state index contributed by atoms with van der Waals surface area (Å²) in [5.41, 5.74) is 2.51. The van der Waals surface area contributed by atoms with Gasteiger partial charge in [-0.3, -0.25) is 0 Å². The number of benzene rings is 1. The largest absolute Gasteiger partial charge is 0.496 e. The van der Waals surface area contributed by atoms with Crippen molar-refractivity contribution in [2.24, 2.45) is 0 Å². The maximum absolute atomic E-state index is 5.35. The molecule has 90 valence electrons. The molecule has 16 heavy (non-hydrogen) atoms. The lowest BCUT2D eigenvalue weighted by Crippen LogP contribution is -2.15. The van der Waals surface area contributed by atoms with Crippen LogP contribution in [0.1, 0.15) is 37.3 Å². The molecule has 0 aliphatic heterocycles. The molecule has 1 unspecified atom stereocenters. The molecule has 0 aromatic heterocycles. The van der Waals surface area contributed by atoms with Crippen molar-refractivity contribution < 1.29 is 4.74 Å². The summed E-state index contributed by atoms with van der Waals surface area (Å²) in [4.78, 5) is 0. The lowest BCUT2D eigenvalue weighted by molar-refractivity contribution is 0.407. The first-order valence-corrected chi connectivity index (χ1v) is 5.95. The number of ether oxygens (including phenoxy) is 1. The summed E-state index contributed by atoms with van der Waals surface area (Å²) < 4.78 is 5.35. The van der Waals surface area contributed by atoms with Gasteiger partial charge in [0.15, 0.2) is 0 Å². The molecule has 0 saturated heterocycles. The Hall–Kier alpha value is -0.670. The molecule has 0 heterocycles. The van der Waals surface area contributed by atoms with E-state index >= 15 is 0 Å². The molecule has 0 aliphatic carbocycles. The number of thiol groups is 1. The molecule has 1 rings (SSSR count). The lowest BCUT2D eigenvalue weighted by atomic mass is 9.86. The zero-order valence-electron chi connectivity index (χ0n) is 10.7. The van der Waals surface area contributed by atoms with Gasteiger partial charge in [-0.1, -0.05) is 26.8 Å². The van der Waals surface area contributed by atoms with E-state index in [4.69, 9.17) is 4.74 Å². The highest BCUT2D eigenvalue weighted by molar-refractivity contribution is 7.80. The van der Waals surface area contributed by atoms with E-state index in [1.165, 1.54) is 5.56 Å². The molecular weight excluding hydrogens is 218 g/mol. The number of rotatable bonds is 3. The Morgan fingerprint density at radius 1 is 1.31 bits per heavy atom. The first kappa shape index (κ1) is 13.4. The second-order valence-electron chi connectivity index (χ2n) is 4.90. The Morgan fingerprint density at radius 3 is 2.38 bits per heavy atom. The van der Waals surface area contributed by atoms with E-state index in [9.17, 15) is 0 Å². The highest BCUT2D eigenvalue weighted by Crippen LogP contribution is 2.32. The van der Waals surface area contributed by atoms with E-state index in [-0.39, 0.29) is 10.8 Å². The van der Waals surface area contributed by atoms with Crippen LogP contribution in [0.4, 0.5) is 0 Å². The van der Waals surface area contributed by atoms with Gasteiger partial charge in [0.25, 0.3) is 0 Å². The van der Waals surface area contributed by atoms with Gasteiger partial charge in [-0.2, -0.15) is 12.6 Å². The van der Waals surface area contributed by atoms with Crippen LogP contribution in [0.5, 0.6) is 5.75 Å². The Morgan fingerprint density at radius 2 is 1.94 bits per heavy atom. The van der Waals surface area contributed by atoms with E-state index in [0.29, 0.717) is 0 Å². The Bertz CT molecular complexity index is 357. The monoisotopic (exact) mass is 239 g/mol. The standard InChI is InChI=1S/C13H21NOS/c1-13(2,3)9-6-7-11(15-5)10(8-9)12(16)14-4/h6-8,12,14,16H,1-5H3. The van der Waals surface area contributed by atoms with Crippen LogP contribution in [0.15, 0.2) is 18.2 Å². The third kappa shape index (κ3) is 2.92. The summed E-state index contributed by atoms with van der Waals surface area (Å²) in [5, 5.41) is 3.12. The van der Waals surface area contributed by atoms with E-state index < -0.39 is 0 Å². The van der Waals surface area contributed by atoms with Crippen LogP contribution in [0.3, 0.4) is 0 Å². The molecule has 1 aromatic rings. The predicted octanol–water partition coefficient (Wildman–Crippen LogP) is 3.14. The fourth-order valence-corrected chi connectivity index (χ4v) is 1.77. The molecule has 1 aromatic carbocycles. The summed E-state index contributed by atoms with van der Waals surface area (Å²) in [7, 11) is 3.58. The zero-order chi connectivity index (χ0) is 12.3. The van der Waals surface area contributed by atoms with Crippen molar-refractivity contribution in [3.05, 3.63) is 29.3 Å². The van der Waals surface area contributed by atoms with E-state index in [1.54, 1.807) is 7.11 Å². The van der Waals surface area contributed by atoms with Gasteiger partial charge in [0.1, 0.15) is 5.75 Å². The Labute approximate surface area is 104 Å². The van der Waals surface area contributed by atoms with Crippen molar-refractivity contribution in [3.63, 3.8) is 0 Å². The highest BCUT2D eigenvalue weighted by atomic mass is 32.1. The van der Waals surface area contributed by atoms with Gasteiger partial charge in [-0.05, 0) is 30.2 Å². The molecule has 0 radical (unpaired) electrons. The molecule has 3 heteroatoms. The maximum atomic E-state index is 5.35. The van der Waals surface area contributed by atoms with Crippen LogP contribution < -0.4 is 10.1 Å². The first-order chi connectivity index (χ1) is 7.40. The second kappa shape index (κ2) is 5.11. The van der Waals surface area contributed by atoms with Crippen LogP contribution in [-0.2, 0) is 5.41 Å². The molecule has 2 nitrogen and oxygen atoms in total. The number of nitrogens with one attached hydrogen (secondary N) is 1. The highest BCUT2D eigenvalue weighted by Gasteiger charge is 2.18. The molecule has 1 N–H and O–H groups in total. The molecule has 1 atom stereocenters. The van der Waals surface area contributed by atoms with Gasteiger partial charge in [-0.25, -0.2) is 0 Å². The van der Waals surface area contributed by atoms with Crippen molar-refractivity contribution in [1.82, 2.24) is 5.32 Å². The predicted molar refractivity (Wildman–Crippen MR) is 72.5 cm³/mol. The lowest BCUT2D eigenvalue weighted by Gasteiger charge is -2.22. The zero-order valence-corrected chi connectivity index (χ0v) is 11.6. The SMILES string of the molecule is CNC(S)c1cc(C(C)(C)C)ccc1OC. The van der Waals surface area contributed by atoms with Gasteiger partial charge in [0.2, 0.25) is 0 Å². The van der Waals surface area contributed by atoms with Crippen molar-refractivity contribution in [2.75, 3.05) is 14.2 Å². The Kier molecular flexibility index (Phi) is 4.28. The number of hydrogen-bond acceptors (Lipinski definition) is 3. The Balaban J connectivity index is 3.21. The maximum Gasteiger partial charge on any atom is 0.124 e. The molecular formula is C13H21NOS. The fourth-order valence-electron chi connectivity index (χ4n) is 1.57. The molecule has 0 bridgehead atoms. The van der Waals surface area contributed by atoms with Crippen molar-refractivity contribution in [3.8, 4) is 5.75 Å². The minimum Gasteiger partial charge on any atom is -0.496 e. The third-order valence-electron chi connectivity index (χ3n) is 2.66. The smallest absolute Gasteiger partial charge is 0.124 e. The fraction of sp³-hybridized carbons (Fsp3) is 0.538. The summed E-state index contributed by atoms with van der Waals surface area (Å²) >= 11 is 4.50. The van der Waals surface area contributed by atoms with E-state index in [0.717, 1.165) is 11.3 Å². The third-order valence-corrected chi connectivity index (χ3v) is 3.20. The molecule has 0 aliphatic rings. The normalized spacial score (nSPS) is 13.6. The van der Waals surface area contributed by atoms with Crippen molar-refractivity contribution in [2.45, 2.75) is 31.6 Å². The topological polar surface area (TPSA) is 21.3 Å². The number of hydrogen-bond donors (Lipinski definition) is 2. The minimum atomic E-state index is -0.00255. The first-order valence-electron chi connectivity index (χ1n) is 5.44. The van der Waals surface area contributed by atoms with E-state index in [2.05, 4.69) is 50.8 Å². The summed E-state index contributed by atoms with van der Waals surface area (Å²) in [6.45, 7) is 6.60. The van der Waals surface area contributed by atoms with Crippen molar-refractivity contribution >= 4 is 12.6 Å². The molecule has 0 amide bonds. The van der Waals surface area contributed by atoms with Crippen LogP contribution in [0, 0.1) is 0 Å². The van der Waals surface area contributed by atoms with Crippen LogP contribution >= 0.6 is 12.6 Å². The summed E-state index contributed by atoms with van der Waals surface area (Å²) in [6.07, 6.45) is 0. The van der Waals surface area contributed by atoms with Gasteiger partial charge in [0, 0.05) is 5.56 Å². The van der Waals surface area contributed by atoms with Crippen LogP contribution in [-0.4, -0.2) is 14.2 Å². The molecule has 0 spiro atoms. The van der Waals surface area contributed by atoms with Crippen molar-refractivity contribution in [1.29, 1.82) is 0 Å². The summed E-state index contributed by atoms with van der Waals surface area (Å²) in [6, 6.07) is 6.28. The molecule has 0 fully saturated rings. The summed E-state index contributed by atoms with van der Waals surface area (Å²) in [5.74, 6) is 0.877. The van der Waals surface area contributed by atoms with Gasteiger partial charge >= 0.3 is 0 Å². The second-order valence-corrected chi connectivity index (χ2v) is 5.41. The van der Waals surface area contributed by atoms with Crippen LogP contribution in [0.25, 0.3) is 0 Å². The minimum absolute atomic E-state index is 0.00255. The average molecular weight is 239 g/mol. The van der Waals surface area contributed by atoms with Gasteiger partial charge in [-0.15, -0.1) is 0 Å². The van der Waals surface area contributed by atoms with Crippen LogP contribution in [0.2, 0.25) is 0 Å². The number of methoxy groups -OCH3 is 1. The van der Waals surface area contributed by atoms with E-state index in [1.807, 2.05) is 13.1 Å². The molecule has 0 saturated carbocycles. The quantitative estimate of drug-likeness (QED) is 0.624. The van der Waals surface area contributed by atoms with Gasteiger partial charge < -0.3 is 10.1 Å². The average Bonchev–Trinajstić information content (AvgIpc) is 2.25.